The number of hydrogen-bond donors (Lipinski definition) is 0. The Bertz CT molecular complexity index is 1030. The fraction of sp³-hybridized carbons (Fsp3) is 0.571. The molecule has 3 aromatic heterocycles. The van der Waals surface area contributed by atoms with Crippen LogP contribution in [-0.4, -0.2) is 18.3 Å². The summed E-state index contributed by atoms with van der Waals surface area (Å²) in [6.45, 7) is 10.7. The average Bonchev–Trinajstić information content (AvgIpc) is 3.56. The Hall–Kier alpha value is -0.915. The molecule has 1 aliphatic heterocycles. The third kappa shape index (κ3) is 6.25. The number of unbranched alkanes of at least 4 members (excludes halogenated alkanes) is 7. The maximum Gasteiger partial charge on any atom is 0.505 e. The molecule has 0 aromatic carbocycles. The molecule has 1 aliphatic rings. The highest BCUT2D eigenvalue weighted by atomic mass is 32.1. The highest BCUT2D eigenvalue weighted by molar-refractivity contribution is 7.29. The summed E-state index contributed by atoms with van der Waals surface area (Å²) in [4.78, 5) is 6.90. The number of hydrogen-bond acceptors (Lipinski definition) is 5. The van der Waals surface area contributed by atoms with Crippen LogP contribution in [0, 0.1) is 0 Å². The van der Waals surface area contributed by atoms with Gasteiger partial charge in [-0.3, -0.25) is 0 Å². The van der Waals surface area contributed by atoms with Crippen LogP contribution < -0.4 is 4.78 Å². The van der Waals surface area contributed by atoms with Crippen LogP contribution in [0.4, 0.5) is 0 Å². The Morgan fingerprint density at radius 1 is 0.618 bits per heavy atom. The minimum Gasteiger partial charge on any atom is -0.399 e. The second-order valence-electron chi connectivity index (χ2n) is 10.4. The van der Waals surface area contributed by atoms with Gasteiger partial charge in [0.05, 0.1) is 11.2 Å². The van der Waals surface area contributed by atoms with Crippen LogP contribution in [0.15, 0.2) is 36.4 Å². The van der Waals surface area contributed by atoms with Crippen LogP contribution in [0.1, 0.15) is 90.9 Å². The average molecular weight is 515 g/mol. The van der Waals surface area contributed by atoms with Gasteiger partial charge in [0.25, 0.3) is 0 Å². The quantitative estimate of drug-likeness (QED) is 0.177. The van der Waals surface area contributed by atoms with Gasteiger partial charge in [-0.1, -0.05) is 57.9 Å². The van der Waals surface area contributed by atoms with Crippen LogP contribution in [-0.2, 0) is 15.7 Å². The van der Waals surface area contributed by atoms with Crippen LogP contribution in [0.25, 0.3) is 19.5 Å². The predicted octanol–water partition coefficient (Wildman–Crippen LogP) is 9.19. The molecule has 0 spiro atoms. The summed E-state index contributed by atoms with van der Waals surface area (Å²) >= 11 is 5.64. The molecule has 2 nitrogen and oxygen atoms in total. The number of rotatable bonds is 12. The Morgan fingerprint density at radius 3 is 1.76 bits per heavy atom. The van der Waals surface area contributed by atoms with Crippen LogP contribution in [0.5, 0.6) is 0 Å². The maximum atomic E-state index is 6.24. The molecule has 0 amide bonds. The molecule has 0 aliphatic carbocycles. The van der Waals surface area contributed by atoms with Crippen LogP contribution >= 0.6 is 34.0 Å². The summed E-state index contributed by atoms with van der Waals surface area (Å²) in [5.41, 5.74) is -0.604. The first-order valence-electron chi connectivity index (χ1n) is 12.9. The van der Waals surface area contributed by atoms with Gasteiger partial charge in [-0.25, -0.2) is 0 Å². The molecule has 4 rings (SSSR count). The standard InChI is InChI=1S/C28H39BO2S3/c1-6-7-8-9-10-11-12-13-14-21-15-16-22(32-21)23-17-18-24(33-23)25-19-20-26(34-25)29-30-27(2,3)28(4,5)31-29/h15-20H,6-14H2,1-5H3. The van der Waals surface area contributed by atoms with Crippen molar-refractivity contribution < 1.29 is 9.31 Å². The normalized spacial score (nSPS) is 17.0. The molecule has 4 heterocycles. The highest BCUT2D eigenvalue weighted by Gasteiger charge is 2.52. The SMILES string of the molecule is CCCCCCCCCCc1ccc(-c2ccc(-c3ccc(B4OC(C)(C)C(C)(C)O4)s3)s2)s1. The summed E-state index contributed by atoms with van der Waals surface area (Å²) in [7, 11) is -0.278. The second-order valence-corrected chi connectivity index (χ2v) is 13.8. The van der Waals surface area contributed by atoms with E-state index in [2.05, 4.69) is 71.0 Å². The molecule has 3 aromatic rings. The third-order valence-electron chi connectivity index (χ3n) is 7.14. The van der Waals surface area contributed by atoms with Crippen LogP contribution in [0.2, 0.25) is 0 Å². The number of aryl methyl sites for hydroxylation is 1. The van der Waals surface area contributed by atoms with Crippen molar-refractivity contribution >= 4 is 45.9 Å². The lowest BCUT2D eigenvalue weighted by Crippen LogP contribution is -2.41. The minimum atomic E-state index is -0.302. The summed E-state index contributed by atoms with van der Waals surface area (Å²) in [5, 5.41) is 0. The second kappa shape index (κ2) is 11.4. The first-order valence-corrected chi connectivity index (χ1v) is 15.4. The van der Waals surface area contributed by atoms with Crippen LogP contribution in [0.3, 0.4) is 0 Å². The van der Waals surface area contributed by atoms with Gasteiger partial charge in [0.2, 0.25) is 0 Å². The lowest BCUT2D eigenvalue weighted by Gasteiger charge is -2.32. The largest absolute Gasteiger partial charge is 0.505 e. The molecule has 0 radical (unpaired) electrons. The smallest absolute Gasteiger partial charge is 0.399 e. The predicted molar refractivity (Wildman–Crippen MR) is 153 cm³/mol. The van der Waals surface area contributed by atoms with E-state index in [1.807, 2.05) is 22.7 Å². The molecule has 0 bridgehead atoms. The first-order chi connectivity index (χ1) is 16.3. The minimum absolute atomic E-state index is 0.278. The van der Waals surface area contributed by atoms with Crippen molar-refractivity contribution in [1.82, 2.24) is 0 Å². The van der Waals surface area contributed by atoms with Crippen molar-refractivity contribution in [2.45, 2.75) is 104 Å². The van der Waals surface area contributed by atoms with E-state index in [1.165, 1.54) is 82.2 Å². The van der Waals surface area contributed by atoms with E-state index in [-0.39, 0.29) is 18.3 Å². The topological polar surface area (TPSA) is 18.5 Å². The molecular weight excluding hydrogens is 475 g/mol. The van der Waals surface area contributed by atoms with E-state index >= 15 is 0 Å². The Morgan fingerprint density at radius 2 is 1.12 bits per heavy atom. The van der Waals surface area contributed by atoms with E-state index in [0.29, 0.717) is 0 Å². The molecule has 184 valence electrons. The molecule has 1 fully saturated rings. The fourth-order valence-corrected chi connectivity index (χ4v) is 7.45. The molecule has 6 heteroatoms. The van der Waals surface area contributed by atoms with Gasteiger partial charge in [-0.05, 0) is 70.9 Å². The zero-order valence-corrected chi connectivity index (χ0v) is 23.9. The van der Waals surface area contributed by atoms with Gasteiger partial charge >= 0.3 is 7.12 Å². The highest BCUT2D eigenvalue weighted by Crippen LogP contribution is 2.41. The first kappa shape index (κ1) is 26.2. The van der Waals surface area contributed by atoms with Crippen molar-refractivity contribution in [3.63, 3.8) is 0 Å². The van der Waals surface area contributed by atoms with Gasteiger partial charge in [-0.2, -0.15) is 0 Å². The third-order valence-corrected chi connectivity index (χ3v) is 10.9. The fourth-order valence-electron chi connectivity index (χ4n) is 4.25. The molecular formula is C28H39BO2S3. The van der Waals surface area contributed by atoms with Crippen molar-refractivity contribution in [3.8, 4) is 19.5 Å². The van der Waals surface area contributed by atoms with Crippen molar-refractivity contribution in [1.29, 1.82) is 0 Å². The molecule has 34 heavy (non-hydrogen) atoms. The van der Waals surface area contributed by atoms with E-state index < -0.39 is 0 Å². The van der Waals surface area contributed by atoms with Gasteiger partial charge in [0.1, 0.15) is 0 Å². The van der Waals surface area contributed by atoms with E-state index in [4.69, 9.17) is 9.31 Å². The molecule has 0 atom stereocenters. The summed E-state index contributed by atoms with van der Waals surface area (Å²) in [5.74, 6) is 0. The summed E-state index contributed by atoms with van der Waals surface area (Å²) in [6.07, 6.45) is 12.3. The molecule has 1 saturated heterocycles. The Balaban J connectivity index is 1.30. The Labute approximate surface area is 218 Å². The Kier molecular flexibility index (Phi) is 8.79. The lowest BCUT2D eigenvalue weighted by atomic mass is 9.88. The summed E-state index contributed by atoms with van der Waals surface area (Å²) < 4.78 is 13.6. The number of thiophene rings is 3. The van der Waals surface area contributed by atoms with Gasteiger partial charge in [0, 0.05) is 29.2 Å². The van der Waals surface area contributed by atoms with Gasteiger partial charge in [0.15, 0.2) is 0 Å². The van der Waals surface area contributed by atoms with Crippen molar-refractivity contribution in [3.05, 3.63) is 41.3 Å². The van der Waals surface area contributed by atoms with Crippen molar-refractivity contribution in [2.24, 2.45) is 0 Å². The zero-order valence-electron chi connectivity index (χ0n) is 21.4. The maximum absolute atomic E-state index is 6.24. The molecule has 0 N–H and O–H groups in total. The van der Waals surface area contributed by atoms with Crippen molar-refractivity contribution in [2.75, 3.05) is 0 Å². The van der Waals surface area contributed by atoms with E-state index in [0.717, 1.165) is 4.78 Å². The summed E-state index contributed by atoms with van der Waals surface area (Å²) in [6, 6.07) is 13.6. The molecule has 0 unspecified atom stereocenters. The van der Waals surface area contributed by atoms with E-state index in [1.54, 1.807) is 11.3 Å². The monoisotopic (exact) mass is 514 g/mol. The van der Waals surface area contributed by atoms with Gasteiger partial charge in [-0.15, -0.1) is 34.0 Å². The lowest BCUT2D eigenvalue weighted by molar-refractivity contribution is 0.00578. The zero-order chi connectivity index (χ0) is 24.2. The van der Waals surface area contributed by atoms with Gasteiger partial charge < -0.3 is 9.31 Å². The van der Waals surface area contributed by atoms with E-state index in [9.17, 15) is 0 Å². The molecule has 0 saturated carbocycles.